The van der Waals surface area contributed by atoms with E-state index in [-0.39, 0.29) is 13.2 Å². The van der Waals surface area contributed by atoms with Crippen molar-refractivity contribution in [3.05, 3.63) is 72.8 Å². The van der Waals surface area contributed by atoms with Crippen molar-refractivity contribution in [2.24, 2.45) is 0 Å². The lowest BCUT2D eigenvalue weighted by atomic mass is 9.97. The van der Waals surface area contributed by atoms with Gasteiger partial charge in [-0.25, -0.2) is 0 Å². The monoisotopic (exact) mass is 414 g/mol. The molecule has 2 aliphatic rings. The summed E-state index contributed by atoms with van der Waals surface area (Å²) in [4.78, 5) is 0. The molecule has 0 bridgehead atoms. The fraction of sp³-hybridized carbons (Fsp3) is 0.391. The number of benzene rings is 2. The van der Waals surface area contributed by atoms with Gasteiger partial charge in [-0.1, -0.05) is 36.4 Å². The summed E-state index contributed by atoms with van der Waals surface area (Å²) in [5, 5.41) is 11.0. The Balaban J connectivity index is 1.50. The maximum absolute atomic E-state index is 11.0. The van der Waals surface area contributed by atoms with E-state index in [0.717, 1.165) is 5.56 Å². The van der Waals surface area contributed by atoms with Crippen LogP contribution in [0.1, 0.15) is 11.9 Å². The molecule has 1 N–H and O–H groups in total. The first-order valence-corrected chi connectivity index (χ1v) is 9.88. The van der Waals surface area contributed by atoms with Crippen LogP contribution in [-0.4, -0.2) is 56.1 Å². The van der Waals surface area contributed by atoms with Crippen molar-refractivity contribution in [3.8, 4) is 11.5 Å². The number of hydrogen-bond donors (Lipinski definition) is 1. The molecule has 0 aromatic heterocycles. The number of rotatable bonds is 7. The predicted octanol–water partition coefficient (Wildman–Crippen LogP) is 2.85. The zero-order chi connectivity index (χ0) is 20.9. The van der Waals surface area contributed by atoms with Gasteiger partial charge in [0, 0.05) is 5.56 Å². The summed E-state index contributed by atoms with van der Waals surface area (Å²) in [5.74, 6) is 1.25. The standard InChI is InChI=1S/C23H26O7/c1-3-13-26-21-19(24)23(28-17-11-9-16(25-2)10-12-17)29-18-14-27-22(30-20(18)21)15-7-5-4-6-8-15/h3-12,18-24H,1,13-14H2,2H3/t18-,19+,20-,21-,22?,23-/m1/s1. The first kappa shape index (κ1) is 20.8. The topological polar surface area (TPSA) is 75.6 Å². The molecule has 2 aliphatic heterocycles. The first-order valence-electron chi connectivity index (χ1n) is 9.88. The first-order chi connectivity index (χ1) is 14.7. The number of methoxy groups -OCH3 is 1. The molecule has 4 rings (SSSR count). The van der Waals surface area contributed by atoms with Crippen molar-refractivity contribution in [1.82, 2.24) is 0 Å². The second kappa shape index (κ2) is 9.59. The summed E-state index contributed by atoms with van der Waals surface area (Å²) >= 11 is 0. The van der Waals surface area contributed by atoms with Crippen LogP contribution in [0, 0.1) is 0 Å². The lowest BCUT2D eigenvalue weighted by molar-refractivity contribution is -0.354. The number of hydrogen-bond acceptors (Lipinski definition) is 7. The van der Waals surface area contributed by atoms with Crippen LogP contribution in [0.3, 0.4) is 0 Å². The molecule has 30 heavy (non-hydrogen) atoms. The molecule has 0 saturated carbocycles. The van der Waals surface area contributed by atoms with Crippen LogP contribution in [-0.2, 0) is 18.9 Å². The molecule has 160 valence electrons. The van der Waals surface area contributed by atoms with Crippen molar-refractivity contribution < 1.29 is 33.5 Å². The molecule has 2 fully saturated rings. The molecule has 7 heteroatoms. The lowest BCUT2D eigenvalue weighted by Gasteiger charge is -2.47. The Kier molecular flexibility index (Phi) is 6.66. The Morgan fingerprint density at radius 2 is 1.80 bits per heavy atom. The third-order valence-electron chi connectivity index (χ3n) is 5.10. The van der Waals surface area contributed by atoms with E-state index in [1.54, 1.807) is 37.5 Å². The Labute approximate surface area is 175 Å². The molecule has 2 aromatic rings. The summed E-state index contributed by atoms with van der Waals surface area (Å²) in [6, 6.07) is 16.7. The minimum absolute atomic E-state index is 0.264. The van der Waals surface area contributed by atoms with Crippen LogP contribution < -0.4 is 9.47 Å². The van der Waals surface area contributed by atoms with E-state index in [2.05, 4.69) is 6.58 Å². The second-order valence-electron chi connectivity index (χ2n) is 7.09. The highest BCUT2D eigenvalue weighted by Gasteiger charge is 2.51. The number of aliphatic hydroxyl groups is 1. The van der Waals surface area contributed by atoms with Crippen molar-refractivity contribution in [3.63, 3.8) is 0 Å². The van der Waals surface area contributed by atoms with E-state index in [0.29, 0.717) is 11.5 Å². The second-order valence-corrected chi connectivity index (χ2v) is 7.09. The average molecular weight is 414 g/mol. The zero-order valence-electron chi connectivity index (χ0n) is 16.8. The highest BCUT2D eigenvalue weighted by Crippen LogP contribution is 2.36. The molecule has 0 spiro atoms. The molecule has 2 heterocycles. The predicted molar refractivity (Wildman–Crippen MR) is 108 cm³/mol. The molecule has 0 aliphatic carbocycles. The van der Waals surface area contributed by atoms with Gasteiger partial charge in [-0.15, -0.1) is 6.58 Å². The Hall–Kier alpha value is -2.42. The molecule has 6 atom stereocenters. The van der Waals surface area contributed by atoms with Crippen LogP contribution in [0.15, 0.2) is 67.3 Å². The molecular formula is C23H26O7. The Bertz CT molecular complexity index is 810. The third-order valence-corrected chi connectivity index (χ3v) is 5.10. The fourth-order valence-corrected chi connectivity index (χ4v) is 3.60. The maximum Gasteiger partial charge on any atom is 0.229 e. The summed E-state index contributed by atoms with van der Waals surface area (Å²) in [6.07, 6.45) is -2.57. The van der Waals surface area contributed by atoms with Crippen molar-refractivity contribution in [2.75, 3.05) is 20.3 Å². The van der Waals surface area contributed by atoms with E-state index in [1.165, 1.54) is 0 Å². The number of aliphatic hydroxyl groups excluding tert-OH is 1. The fourth-order valence-electron chi connectivity index (χ4n) is 3.60. The molecular weight excluding hydrogens is 388 g/mol. The van der Waals surface area contributed by atoms with E-state index in [1.807, 2.05) is 30.3 Å². The molecule has 0 amide bonds. The van der Waals surface area contributed by atoms with Crippen molar-refractivity contribution in [1.29, 1.82) is 0 Å². The minimum Gasteiger partial charge on any atom is -0.497 e. The summed E-state index contributed by atoms with van der Waals surface area (Å²) < 4.78 is 34.9. The smallest absolute Gasteiger partial charge is 0.229 e. The average Bonchev–Trinajstić information content (AvgIpc) is 2.80. The van der Waals surface area contributed by atoms with Gasteiger partial charge in [0.1, 0.15) is 35.9 Å². The quantitative estimate of drug-likeness (QED) is 0.698. The Morgan fingerprint density at radius 3 is 2.50 bits per heavy atom. The van der Waals surface area contributed by atoms with E-state index >= 15 is 0 Å². The molecule has 7 nitrogen and oxygen atoms in total. The molecule has 2 saturated heterocycles. The molecule has 2 aromatic carbocycles. The van der Waals surface area contributed by atoms with Gasteiger partial charge in [-0.3, -0.25) is 0 Å². The third kappa shape index (κ3) is 4.50. The van der Waals surface area contributed by atoms with Gasteiger partial charge in [0.15, 0.2) is 6.29 Å². The normalized spacial score (nSPS) is 30.9. The molecule has 0 radical (unpaired) electrons. The van der Waals surface area contributed by atoms with Gasteiger partial charge in [0.05, 0.1) is 20.3 Å². The van der Waals surface area contributed by atoms with Gasteiger partial charge in [-0.05, 0) is 24.3 Å². The van der Waals surface area contributed by atoms with Crippen molar-refractivity contribution in [2.45, 2.75) is 37.0 Å². The van der Waals surface area contributed by atoms with E-state index < -0.39 is 37.0 Å². The van der Waals surface area contributed by atoms with Crippen LogP contribution in [0.25, 0.3) is 0 Å². The zero-order valence-corrected chi connectivity index (χ0v) is 16.8. The van der Waals surface area contributed by atoms with E-state index in [4.69, 9.17) is 28.4 Å². The van der Waals surface area contributed by atoms with Crippen molar-refractivity contribution >= 4 is 0 Å². The summed E-state index contributed by atoms with van der Waals surface area (Å²) in [6.45, 7) is 4.24. The minimum atomic E-state index is -1.07. The Morgan fingerprint density at radius 1 is 1.07 bits per heavy atom. The van der Waals surface area contributed by atoms with Gasteiger partial charge in [0.2, 0.25) is 6.29 Å². The summed E-state index contributed by atoms with van der Waals surface area (Å²) in [7, 11) is 1.59. The van der Waals surface area contributed by atoms with Gasteiger partial charge in [0.25, 0.3) is 0 Å². The largest absolute Gasteiger partial charge is 0.497 e. The van der Waals surface area contributed by atoms with Gasteiger partial charge in [-0.2, -0.15) is 0 Å². The SMILES string of the molecule is C=CCO[C@@H]1[C@H](O)[C@H](Oc2ccc(OC)cc2)O[C@@H]2COC(c3ccccc3)O[C@@H]12. The van der Waals surface area contributed by atoms with Crippen LogP contribution in [0.5, 0.6) is 11.5 Å². The van der Waals surface area contributed by atoms with Crippen LogP contribution >= 0.6 is 0 Å². The van der Waals surface area contributed by atoms with Crippen LogP contribution in [0.4, 0.5) is 0 Å². The lowest BCUT2D eigenvalue weighted by Crippen LogP contribution is -2.63. The van der Waals surface area contributed by atoms with E-state index in [9.17, 15) is 5.11 Å². The van der Waals surface area contributed by atoms with Gasteiger partial charge >= 0.3 is 0 Å². The number of ether oxygens (including phenoxy) is 6. The molecule has 1 unspecified atom stereocenters. The van der Waals surface area contributed by atoms with Gasteiger partial charge < -0.3 is 33.5 Å². The highest BCUT2D eigenvalue weighted by atomic mass is 16.8. The summed E-state index contributed by atoms with van der Waals surface area (Å²) in [5.41, 5.74) is 0.893. The highest BCUT2D eigenvalue weighted by molar-refractivity contribution is 5.31. The maximum atomic E-state index is 11.0. The number of fused-ring (bicyclic) bond motifs is 1. The van der Waals surface area contributed by atoms with Crippen LogP contribution in [0.2, 0.25) is 0 Å².